The van der Waals surface area contributed by atoms with Gasteiger partial charge < -0.3 is 14.8 Å². The molecule has 0 saturated heterocycles. The van der Waals surface area contributed by atoms with E-state index in [1.165, 1.54) is 0 Å². The van der Waals surface area contributed by atoms with Gasteiger partial charge >= 0.3 is 0 Å². The summed E-state index contributed by atoms with van der Waals surface area (Å²) in [6.07, 6.45) is 1.61. The van der Waals surface area contributed by atoms with Gasteiger partial charge in [0.05, 0.1) is 0 Å². The molecule has 1 aliphatic heterocycles. The highest BCUT2D eigenvalue weighted by molar-refractivity contribution is 5.62. The van der Waals surface area contributed by atoms with Gasteiger partial charge in [-0.3, -0.25) is 5.43 Å². The molecule has 3 rings (SSSR count). The van der Waals surface area contributed by atoms with Crippen molar-refractivity contribution in [1.29, 1.82) is 0 Å². The second-order valence-electron chi connectivity index (χ2n) is 3.89. The van der Waals surface area contributed by atoms with Gasteiger partial charge in [-0.1, -0.05) is 0 Å². The van der Waals surface area contributed by atoms with Gasteiger partial charge in [-0.15, -0.1) is 0 Å². The summed E-state index contributed by atoms with van der Waals surface area (Å²) < 4.78 is 11.0. The number of hydrogen-bond acceptors (Lipinski definition) is 7. The molecule has 0 bridgehead atoms. The topological polar surface area (TPSA) is 94.3 Å². The molecule has 0 spiro atoms. The molecule has 19 heavy (non-hydrogen) atoms. The van der Waals surface area contributed by atoms with Gasteiger partial charge in [0, 0.05) is 18.0 Å². The van der Waals surface area contributed by atoms with E-state index in [0.717, 1.165) is 17.2 Å². The zero-order valence-electron chi connectivity index (χ0n) is 10.1. The van der Waals surface area contributed by atoms with Crippen LogP contribution >= 0.6 is 0 Å². The molecule has 0 radical (unpaired) electrons. The van der Waals surface area contributed by atoms with Crippen molar-refractivity contribution in [1.82, 2.24) is 9.97 Å². The number of nitrogens with zero attached hydrogens (tertiary/aromatic N) is 2. The highest BCUT2D eigenvalue weighted by Crippen LogP contribution is 2.33. The van der Waals surface area contributed by atoms with Crippen LogP contribution in [0.3, 0.4) is 0 Å². The van der Waals surface area contributed by atoms with Crippen LogP contribution in [0, 0.1) is 0 Å². The quantitative estimate of drug-likeness (QED) is 0.564. The van der Waals surface area contributed by atoms with Gasteiger partial charge in [-0.2, -0.15) is 4.98 Å². The molecule has 0 amide bonds. The molecule has 0 fully saturated rings. The average Bonchev–Trinajstić information content (AvgIpc) is 2.47. The molecule has 2 aromatic rings. The molecule has 0 unspecified atom stereocenters. The lowest BCUT2D eigenvalue weighted by Crippen LogP contribution is -2.15. The Hall–Kier alpha value is -2.54. The van der Waals surface area contributed by atoms with E-state index in [2.05, 4.69) is 20.7 Å². The molecule has 0 atom stereocenters. The third-order valence-corrected chi connectivity index (χ3v) is 2.60. The Morgan fingerprint density at radius 2 is 1.95 bits per heavy atom. The van der Waals surface area contributed by atoms with Gasteiger partial charge in [-0.25, -0.2) is 10.8 Å². The third-order valence-electron chi connectivity index (χ3n) is 2.60. The lowest BCUT2D eigenvalue weighted by Gasteiger charge is -2.19. The minimum atomic E-state index is 0.350. The van der Waals surface area contributed by atoms with E-state index >= 15 is 0 Å². The maximum atomic E-state index is 5.52. The van der Waals surface area contributed by atoms with Crippen LogP contribution in [-0.4, -0.2) is 23.2 Å². The Labute approximate surface area is 109 Å². The zero-order valence-corrected chi connectivity index (χ0v) is 10.1. The highest BCUT2D eigenvalue weighted by atomic mass is 16.6. The van der Waals surface area contributed by atoms with Crippen molar-refractivity contribution in [3.8, 4) is 11.5 Å². The maximum Gasteiger partial charge on any atom is 0.239 e. The monoisotopic (exact) mass is 259 g/mol. The molecule has 0 aliphatic carbocycles. The number of ether oxygens (including phenoxy) is 2. The number of anilines is 3. The number of benzene rings is 1. The summed E-state index contributed by atoms with van der Waals surface area (Å²) in [5.41, 5.74) is 3.25. The molecule has 7 heteroatoms. The number of aromatic nitrogens is 2. The number of nitrogens with two attached hydrogens (primary N) is 1. The van der Waals surface area contributed by atoms with Crippen LogP contribution in [0.1, 0.15) is 0 Å². The Morgan fingerprint density at radius 3 is 2.79 bits per heavy atom. The summed E-state index contributed by atoms with van der Waals surface area (Å²) >= 11 is 0. The number of rotatable bonds is 3. The fourth-order valence-electron chi connectivity index (χ4n) is 1.77. The summed E-state index contributed by atoms with van der Waals surface area (Å²) in [5, 5.41) is 3.15. The Kier molecular flexibility index (Phi) is 3.03. The molecule has 2 heterocycles. The SMILES string of the molecule is NNc1nccc(Nc2ccc3c(c2)OCCO3)n1. The predicted octanol–water partition coefficient (Wildman–Crippen LogP) is 1.28. The first kappa shape index (κ1) is 11.5. The van der Waals surface area contributed by atoms with Gasteiger partial charge in [0.15, 0.2) is 11.5 Å². The number of nitrogens with one attached hydrogen (secondary N) is 2. The normalized spacial score (nSPS) is 12.9. The Bertz CT molecular complexity index is 590. The van der Waals surface area contributed by atoms with E-state index in [1.807, 2.05) is 18.2 Å². The first-order valence-corrected chi connectivity index (χ1v) is 5.81. The molecule has 1 aliphatic rings. The predicted molar refractivity (Wildman–Crippen MR) is 70.6 cm³/mol. The summed E-state index contributed by atoms with van der Waals surface area (Å²) in [6, 6.07) is 7.37. The summed E-state index contributed by atoms with van der Waals surface area (Å²) in [6.45, 7) is 1.14. The standard InChI is InChI=1S/C12H13N5O2/c13-17-12-14-4-3-11(16-12)15-8-1-2-9-10(7-8)19-6-5-18-9/h1-4,7H,5-6,13H2,(H2,14,15,16,17). The van der Waals surface area contributed by atoms with E-state index in [4.69, 9.17) is 15.3 Å². The van der Waals surface area contributed by atoms with Crippen LogP contribution < -0.4 is 26.1 Å². The maximum absolute atomic E-state index is 5.52. The average molecular weight is 259 g/mol. The molecule has 1 aromatic carbocycles. The molecule has 4 N–H and O–H groups in total. The largest absolute Gasteiger partial charge is 0.486 e. The van der Waals surface area contributed by atoms with Gasteiger partial charge in [0.25, 0.3) is 0 Å². The van der Waals surface area contributed by atoms with Crippen molar-refractivity contribution in [2.75, 3.05) is 24.0 Å². The molecular formula is C12H13N5O2. The fraction of sp³-hybridized carbons (Fsp3) is 0.167. The first-order chi connectivity index (χ1) is 9.35. The van der Waals surface area contributed by atoms with Crippen molar-refractivity contribution in [2.24, 2.45) is 5.84 Å². The van der Waals surface area contributed by atoms with Crippen molar-refractivity contribution in [2.45, 2.75) is 0 Å². The number of hydrogen-bond donors (Lipinski definition) is 3. The Morgan fingerprint density at radius 1 is 1.11 bits per heavy atom. The second-order valence-corrected chi connectivity index (χ2v) is 3.89. The van der Waals surface area contributed by atoms with Crippen LogP contribution in [-0.2, 0) is 0 Å². The third kappa shape index (κ3) is 2.50. The fourth-order valence-corrected chi connectivity index (χ4v) is 1.77. The smallest absolute Gasteiger partial charge is 0.239 e. The second kappa shape index (κ2) is 4.99. The van der Waals surface area contributed by atoms with Gasteiger partial charge in [0.2, 0.25) is 5.95 Å². The van der Waals surface area contributed by atoms with Gasteiger partial charge in [0.1, 0.15) is 19.0 Å². The van der Waals surface area contributed by atoms with Gasteiger partial charge in [-0.05, 0) is 18.2 Å². The van der Waals surface area contributed by atoms with Crippen molar-refractivity contribution < 1.29 is 9.47 Å². The minimum Gasteiger partial charge on any atom is -0.486 e. The van der Waals surface area contributed by atoms with E-state index in [0.29, 0.717) is 25.0 Å². The molecule has 7 nitrogen and oxygen atoms in total. The Balaban J connectivity index is 1.82. The number of nitrogen functional groups attached to an aromatic ring is 1. The number of hydrazine groups is 1. The zero-order chi connectivity index (χ0) is 13.1. The van der Waals surface area contributed by atoms with Crippen molar-refractivity contribution in [3.63, 3.8) is 0 Å². The van der Waals surface area contributed by atoms with E-state index in [9.17, 15) is 0 Å². The summed E-state index contributed by atoms with van der Waals surface area (Å²) in [5.74, 6) is 7.73. The van der Waals surface area contributed by atoms with Crippen LogP contribution in [0.4, 0.5) is 17.5 Å². The van der Waals surface area contributed by atoms with Crippen LogP contribution in [0.2, 0.25) is 0 Å². The van der Waals surface area contributed by atoms with Crippen molar-refractivity contribution >= 4 is 17.5 Å². The van der Waals surface area contributed by atoms with Crippen LogP contribution in [0.25, 0.3) is 0 Å². The summed E-state index contributed by atoms with van der Waals surface area (Å²) in [4.78, 5) is 8.11. The van der Waals surface area contributed by atoms with E-state index in [-0.39, 0.29) is 0 Å². The highest BCUT2D eigenvalue weighted by Gasteiger charge is 2.11. The van der Waals surface area contributed by atoms with E-state index in [1.54, 1.807) is 12.3 Å². The van der Waals surface area contributed by atoms with Crippen LogP contribution in [0.15, 0.2) is 30.5 Å². The van der Waals surface area contributed by atoms with E-state index < -0.39 is 0 Å². The summed E-state index contributed by atoms with van der Waals surface area (Å²) in [7, 11) is 0. The minimum absolute atomic E-state index is 0.350. The molecular weight excluding hydrogens is 246 g/mol. The molecule has 0 saturated carbocycles. The first-order valence-electron chi connectivity index (χ1n) is 5.81. The van der Waals surface area contributed by atoms with Crippen molar-refractivity contribution in [3.05, 3.63) is 30.5 Å². The molecule has 1 aromatic heterocycles. The number of fused-ring (bicyclic) bond motifs is 1. The lowest BCUT2D eigenvalue weighted by atomic mass is 10.2. The molecule has 98 valence electrons. The van der Waals surface area contributed by atoms with Crippen LogP contribution in [0.5, 0.6) is 11.5 Å². The lowest BCUT2D eigenvalue weighted by molar-refractivity contribution is 0.171.